The third kappa shape index (κ3) is 4.87. The van der Waals surface area contributed by atoms with Gasteiger partial charge in [0.15, 0.2) is 0 Å². The number of hydrogen-bond donors (Lipinski definition) is 1. The highest BCUT2D eigenvalue weighted by Crippen LogP contribution is 2.28. The zero-order chi connectivity index (χ0) is 18.4. The number of hydrogen-bond acceptors (Lipinski definition) is 5. The lowest BCUT2D eigenvalue weighted by atomic mass is 10.2. The van der Waals surface area contributed by atoms with Crippen LogP contribution in [-0.4, -0.2) is 27.6 Å². The maximum absolute atomic E-state index is 12.4. The molecule has 0 saturated carbocycles. The highest BCUT2D eigenvalue weighted by Gasteiger charge is 2.17. The smallest absolute Gasteiger partial charge is 0.338 e. The molecule has 8 heteroatoms. The molecule has 0 fully saturated rings. The number of esters is 1. The Labute approximate surface area is 151 Å². The summed E-state index contributed by atoms with van der Waals surface area (Å²) in [7, 11) is -3.82. The van der Waals surface area contributed by atoms with Gasteiger partial charge in [-0.3, -0.25) is 4.72 Å². The second-order valence-corrected chi connectivity index (χ2v) is 7.02. The minimum Gasteiger partial charge on any atom is -0.492 e. The van der Waals surface area contributed by atoms with Gasteiger partial charge < -0.3 is 9.47 Å². The number of sulfonamides is 1. The van der Waals surface area contributed by atoms with Gasteiger partial charge in [0.25, 0.3) is 10.0 Å². The van der Waals surface area contributed by atoms with E-state index in [-0.39, 0.29) is 16.5 Å². The number of benzene rings is 2. The maximum Gasteiger partial charge on any atom is 0.338 e. The summed E-state index contributed by atoms with van der Waals surface area (Å²) < 4.78 is 37.5. The SMILES string of the molecule is CCOC(=O)c1ccc(NS(=O)(=O)c2ccc(OCC)c(Cl)c2)cc1. The van der Waals surface area contributed by atoms with Crippen molar-refractivity contribution >= 4 is 33.3 Å². The van der Waals surface area contributed by atoms with E-state index in [2.05, 4.69) is 4.72 Å². The van der Waals surface area contributed by atoms with Gasteiger partial charge in [-0.15, -0.1) is 0 Å². The summed E-state index contributed by atoms with van der Waals surface area (Å²) in [5, 5.41) is 0.211. The normalized spacial score (nSPS) is 11.0. The van der Waals surface area contributed by atoms with Gasteiger partial charge in [-0.2, -0.15) is 0 Å². The average Bonchev–Trinajstić information content (AvgIpc) is 2.57. The van der Waals surface area contributed by atoms with Crippen LogP contribution in [0.1, 0.15) is 24.2 Å². The Morgan fingerprint density at radius 3 is 2.32 bits per heavy atom. The van der Waals surface area contributed by atoms with Crippen LogP contribution in [0.5, 0.6) is 5.75 Å². The topological polar surface area (TPSA) is 81.7 Å². The van der Waals surface area contributed by atoms with Crippen LogP contribution in [-0.2, 0) is 14.8 Å². The van der Waals surface area contributed by atoms with Crippen LogP contribution in [0.15, 0.2) is 47.4 Å². The first-order valence-corrected chi connectivity index (χ1v) is 9.46. The zero-order valence-electron chi connectivity index (χ0n) is 13.8. The monoisotopic (exact) mass is 383 g/mol. The molecule has 0 bridgehead atoms. The summed E-state index contributed by atoms with van der Waals surface area (Å²) in [6, 6.07) is 10.2. The van der Waals surface area contributed by atoms with E-state index in [0.29, 0.717) is 23.6 Å². The predicted octanol–water partition coefficient (Wildman–Crippen LogP) is 3.72. The molecule has 6 nitrogen and oxygen atoms in total. The van der Waals surface area contributed by atoms with Gasteiger partial charge in [-0.25, -0.2) is 13.2 Å². The molecule has 134 valence electrons. The third-order valence-electron chi connectivity index (χ3n) is 3.16. The molecule has 0 spiro atoms. The molecule has 2 aromatic carbocycles. The van der Waals surface area contributed by atoms with E-state index in [1.165, 1.54) is 42.5 Å². The van der Waals surface area contributed by atoms with Gasteiger partial charge in [0.2, 0.25) is 0 Å². The number of nitrogens with one attached hydrogen (secondary N) is 1. The lowest BCUT2D eigenvalue weighted by molar-refractivity contribution is 0.0526. The van der Waals surface area contributed by atoms with Crippen molar-refractivity contribution in [1.29, 1.82) is 0 Å². The van der Waals surface area contributed by atoms with Gasteiger partial charge in [0.1, 0.15) is 5.75 Å². The molecule has 0 saturated heterocycles. The van der Waals surface area contributed by atoms with E-state index >= 15 is 0 Å². The third-order valence-corrected chi connectivity index (χ3v) is 4.84. The van der Waals surface area contributed by atoms with Crippen molar-refractivity contribution in [3.63, 3.8) is 0 Å². The Morgan fingerprint density at radius 1 is 1.08 bits per heavy atom. The molecule has 0 heterocycles. The van der Waals surface area contributed by atoms with Crippen molar-refractivity contribution in [1.82, 2.24) is 0 Å². The molecule has 0 radical (unpaired) electrons. The fourth-order valence-electron chi connectivity index (χ4n) is 2.02. The Bertz CT molecular complexity index is 850. The Kier molecular flexibility index (Phi) is 6.27. The molecule has 0 aliphatic rings. The molecular weight excluding hydrogens is 366 g/mol. The number of carbonyl (C=O) groups is 1. The number of carbonyl (C=O) groups excluding carboxylic acids is 1. The van der Waals surface area contributed by atoms with E-state index in [1.54, 1.807) is 6.92 Å². The number of rotatable bonds is 7. The van der Waals surface area contributed by atoms with Gasteiger partial charge >= 0.3 is 5.97 Å². The largest absolute Gasteiger partial charge is 0.492 e. The van der Waals surface area contributed by atoms with E-state index in [9.17, 15) is 13.2 Å². The number of halogens is 1. The van der Waals surface area contributed by atoms with Crippen molar-refractivity contribution in [2.45, 2.75) is 18.7 Å². The van der Waals surface area contributed by atoms with E-state index in [0.717, 1.165) is 0 Å². The minimum absolute atomic E-state index is 0.00965. The molecule has 0 aliphatic carbocycles. The quantitative estimate of drug-likeness (QED) is 0.737. The minimum atomic E-state index is -3.82. The van der Waals surface area contributed by atoms with Crippen molar-refractivity contribution in [3.05, 3.63) is 53.1 Å². The molecule has 0 amide bonds. The number of ether oxygens (including phenoxy) is 2. The first-order valence-electron chi connectivity index (χ1n) is 7.59. The fraction of sp³-hybridized carbons (Fsp3) is 0.235. The van der Waals surface area contributed by atoms with Crippen LogP contribution < -0.4 is 9.46 Å². The molecule has 2 aromatic rings. The fourth-order valence-corrected chi connectivity index (χ4v) is 3.41. The van der Waals surface area contributed by atoms with Gasteiger partial charge in [0, 0.05) is 5.69 Å². The Balaban J connectivity index is 2.18. The zero-order valence-corrected chi connectivity index (χ0v) is 15.4. The standard InChI is InChI=1S/C17H18ClNO5S/c1-3-23-16-10-9-14(11-15(16)18)25(21,22)19-13-7-5-12(6-8-13)17(20)24-4-2/h5-11,19H,3-4H2,1-2H3. The van der Waals surface area contributed by atoms with Crippen LogP contribution in [0.3, 0.4) is 0 Å². The van der Waals surface area contributed by atoms with E-state index < -0.39 is 16.0 Å². The Morgan fingerprint density at radius 2 is 1.76 bits per heavy atom. The second-order valence-electron chi connectivity index (χ2n) is 4.93. The summed E-state index contributed by atoms with van der Waals surface area (Å²) in [6.07, 6.45) is 0. The summed E-state index contributed by atoms with van der Waals surface area (Å²) in [4.78, 5) is 11.6. The summed E-state index contributed by atoms with van der Waals surface area (Å²) in [6.45, 7) is 4.22. The van der Waals surface area contributed by atoms with Crippen molar-refractivity contribution in [2.75, 3.05) is 17.9 Å². The molecule has 0 aliphatic heterocycles. The highest BCUT2D eigenvalue weighted by molar-refractivity contribution is 7.92. The van der Waals surface area contributed by atoms with Gasteiger partial charge in [0.05, 0.1) is 28.7 Å². The average molecular weight is 384 g/mol. The first kappa shape index (κ1) is 19.1. The molecule has 2 rings (SSSR count). The van der Waals surface area contributed by atoms with Crippen molar-refractivity contribution < 1.29 is 22.7 Å². The van der Waals surface area contributed by atoms with Crippen LogP contribution >= 0.6 is 11.6 Å². The van der Waals surface area contributed by atoms with Crippen LogP contribution in [0.25, 0.3) is 0 Å². The Hall–Kier alpha value is -2.25. The molecule has 0 aromatic heterocycles. The second kappa shape index (κ2) is 8.22. The summed E-state index contributed by atoms with van der Waals surface area (Å²) in [5.74, 6) is -0.0443. The van der Waals surface area contributed by atoms with Crippen LogP contribution in [0, 0.1) is 0 Å². The van der Waals surface area contributed by atoms with Crippen LogP contribution in [0.2, 0.25) is 5.02 Å². The molecule has 0 unspecified atom stereocenters. The van der Waals surface area contributed by atoms with E-state index in [4.69, 9.17) is 21.1 Å². The first-order chi connectivity index (χ1) is 11.9. The van der Waals surface area contributed by atoms with Crippen molar-refractivity contribution in [2.24, 2.45) is 0 Å². The highest BCUT2D eigenvalue weighted by atomic mass is 35.5. The van der Waals surface area contributed by atoms with Gasteiger partial charge in [-0.05, 0) is 56.3 Å². The molecule has 0 atom stereocenters. The predicted molar refractivity (Wildman–Crippen MR) is 95.8 cm³/mol. The molecule has 1 N–H and O–H groups in total. The summed E-state index contributed by atoms with van der Waals surface area (Å²) in [5.41, 5.74) is 0.659. The molecular formula is C17H18ClNO5S. The number of anilines is 1. The summed E-state index contributed by atoms with van der Waals surface area (Å²) >= 11 is 6.03. The van der Waals surface area contributed by atoms with Crippen molar-refractivity contribution in [3.8, 4) is 5.75 Å². The van der Waals surface area contributed by atoms with Gasteiger partial charge in [-0.1, -0.05) is 11.6 Å². The maximum atomic E-state index is 12.4. The van der Waals surface area contributed by atoms with E-state index in [1.807, 2.05) is 6.92 Å². The lowest BCUT2D eigenvalue weighted by Crippen LogP contribution is -2.13. The molecule has 25 heavy (non-hydrogen) atoms. The van der Waals surface area contributed by atoms with Crippen LogP contribution in [0.4, 0.5) is 5.69 Å². The lowest BCUT2D eigenvalue weighted by Gasteiger charge is -2.11.